The summed E-state index contributed by atoms with van der Waals surface area (Å²) < 4.78 is 6.55. The normalized spacial score (nSPS) is 12.4. The monoisotopic (exact) mass is 313 g/mol. The minimum Gasteiger partial charge on any atom is -0.496 e. The second kappa shape index (κ2) is 8.54. The molecule has 0 aliphatic carbocycles. The maximum atomic E-state index is 5.44. The van der Waals surface area contributed by atoms with Crippen molar-refractivity contribution in [3.05, 3.63) is 28.2 Å². The molecule has 0 aromatic heterocycles. The molecule has 1 N–H and O–H groups in total. The van der Waals surface area contributed by atoms with Crippen LogP contribution in [0.25, 0.3) is 0 Å². The van der Waals surface area contributed by atoms with Gasteiger partial charge in [0.1, 0.15) is 5.75 Å². The summed E-state index contributed by atoms with van der Waals surface area (Å²) in [6.45, 7) is 5.52. The number of halogens is 1. The van der Waals surface area contributed by atoms with E-state index in [1.165, 1.54) is 24.8 Å². The number of ether oxygens (including phenoxy) is 1. The predicted molar refractivity (Wildman–Crippen MR) is 81.4 cm³/mol. The maximum Gasteiger partial charge on any atom is 0.122 e. The van der Waals surface area contributed by atoms with Crippen molar-refractivity contribution in [2.45, 2.75) is 45.6 Å². The smallest absolute Gasteiger partial charge is 0.122 e. The third-order valence-electron chi connectivity index (χ3n) is 3.03. The van der Waals surface area contributed by atoms with Gasteiger partial charge in [0, 0.05) is 10.5 Å². The van der Waals surface area contributed by atoms with E-state index in [0.717, 1.165) is 23.2 Å². The summed E-state index contributed by atoms with van der Waals surface area (Å²) in [5, 5.41) is 3.62. The first-order valence-electron chi connectivity index (χ1n) is 6.77. The van der Waals surface area contributed by atoms with Crippen LogP contribution in [0.15, 0.2) is 22.7 Å². The van der Waals surface area contributed by atoms with Crippen LogP contribution in [-0.2, 0) is 6.42 Å². The highest BCUT2D eigenvalue weighted by Crippen LogP contribution is 2.24. The largest absolute Gasteiger partial charge is 0.496 e. The van der Waals surface area contributed by atoms with Crippen LogP contribution >= 0.6 is 15.9 Å². The lowest BCUT2D eigenvalue weighted by Gasteiger charge is -2.19. The summed E-state index contributed by atoms with van der Waals surface area (Å²) in [4.78, 5) is 0. The quantitative estimate of drug-likeness (QED) is 0.777. The summed E-state index contributed by atoms with van der Waals surface area (Å²) >= 11 is 3.53. The van der Waals surface area contributed by atoms with Crippen LogP contribution < -0.4 is 10.1 Å². The first-order valence-corrected chi connectivity index (χ1v) is 7.56. The van der Waals surface area contributed by atoms with Crippen molar-refractivity contribution in [3.63, 3.8) is 0 Å². The van der Waals surface area contributed by atoms with Crippen LogP contribution in [0.2, 0.25) is 0 Å². The van der Waals surface area contributed by atoms with Crippen molar-refractivity contribution in [3.8, 4) is 5.75 Å². The summed E-state index contributed by atoms with van der Waals surface area (Å²) in [6, 6.07) is 6.76. The van der Waals surface area contributed by atoms with Gasteiger partial charge >= 0.3 is 0 Å². The van der Waals surface area contributed by atoms with Crippen LogP contribution in [0.1, 0.15) is 38.7 Å². The molecule has 3 heteroatoms. The van der Waals surface area contributed by atoms with Crippen molar-refractivity contribution in [2.24, 2.45) is 0 Å². The minimum atomic E-state index is 0.540. The molecular weight excluding hydrogens is 290 g/mol. The van der Waals surface area contributed by atoms with E-state index in [9.17, 15) is 0 Å². The maximum absolute atomic E-state index is 5.44. The standard InChI is InChI=1S/C15H24BrNO/c1-4-6-14(17-9-5-2)11-12-10-13(16)7-8-15(12)18-3/h7-8,10,14,17H,4-6,9,11H2,1-3H3. The van der Waals surface area contributed by atoms with Crippen LogP contribution in [0, 0.1) is 0 Å². The Morgan fingerprint density at radius 3 is 2.67 bits per heavy atom. The SMILES string of the molecule is CCCNC(CCC)Cc1cc(Br)ccc1OC. The van der Waals surface area contributed by atoms with Gasteiger partial charge in [-0.3, -0.25) is 0 Å². The number of rotatable bonds is 8. The van der Waals surface area contributed by atoms with E-state index in [4.69, 9.17) is 4.74 Å². The molecule has 2 nitrogen and oxygen atoms in total. The Morgan fingerprint density at radius 1 is 1.28 bits per heavy atom. The van der Waals surface area contributed by atoms with Crippen molar-refractivity contribution >= 4 is 15.9 Å². The summed E-state index contributed by atoms with van der Waals surface area (Å²) in [6.07, 6.45) is 4.61. The first-order chi connectivity index (χ1) is 8.71. The van der Waals surface area contributed by atoms with Gasteiger partial charge in [-0.25, -0.2) is 0 Å². The number of nitrogens with one attached hydrogen (secondary N) is 1. The topological polar surface area (TPSA) is 21.3 Å². The number of hydrogen-bond acceptors (Lipinski definition) is 2. The molecule has 1 atom stereocenters. The summed E-state index contributed by atoms with van der Waals surface area (Å²) in [5.74, 6) is 0.984. The highest BCUT2D eigenvalue weighted by Gasteiger charge is 2.11. The Bertz CT molecular complexity index is 354. The molecule has 1 unspecified atom stereocenters. The lowest BCUT2D eigenvalue weighted by molar-refractivity contribution is 0.401. The first kappa shape index (κ1) is 15.5. The van der Waals surface area contributed by atoms with E-state index in [1.54, 1.807) is 7.11 Å². The van der Waals surface area contributed by atoms with Gasteiger partial charge in [-0.1, -0.05) is 36.2 Å². The number of benzene rings is 1. The molecule has 102 valence electrons. The molecule has 1 aromatic rings. The third-order valence-corrected chi connectivity index (χ3v) is 3.52. The van der Waals surface area contributed by atoms with Crippen LogP contribution in [0.3, 0.4) is 0 Å². The van der Waals surface area contributed by atoms with E-state index >= 15 is 0 Å². The van der Waals surface area contributed by atoms with Gasteiger partial charge in [-0.15, -0.1) is 0 Å². The van der Waals surface area contributed by atoms with Crippen molar-refractivity contribution < 1.29 is 4.74 Å². The Morgan fingerprint density at radius 2 is 2.06 bits per heavy atom. The molecule has 0 spiro atoms. The Balaban J connectivity index is 2.74. The zero-order valence-electron chi connectivity index (χ0n) is 11.6. The molecule has 18 heavy (non-hydrogen) atoms. The average Bonchev–Trinajstić information content (AvgIpc) is 2.36. The van der Waals surface area contributed by atoms with Gasteiger partial charge in [0.25, 0.3) is 0 Å². The van der Waals surface area contributed by atoms with Crippen LogP contribution in [-0.4, -0.2) is 19.7 Å². The minimum absolute atomic E-state index is 0.540. The van der Waals surface area contributed by atoms with E-state index in [0.29, 0.717) is 6.04 Å². The van der Waals surface area contributed by atoms with Crippen LogP contribution in [0.5, 0.6) is 5.75 Å². The number of methoxy groups -OCH3 is 1. The number of hydrogen-bond donors (Lipinski definition) is 1. The van der Waals surface area contributed by atoms with Gasteiger partial charge in [0.15, 0.2) is 0 Å². The Labute approximate surface area is 119 Å². The fraction of sp³-hybridized carbons (Fsp3) is 0.600. The van der Waals surface area contributed by atoms with E-state index < -0.39 is 0 Å². The van der Waals surface area contributed by atoms with E-state index in [-0.39, 0.29) is 0 Å². The second-order valence-electron chi connectivity index (χ2n) is 4.60. The zero-order valence-corrected chi connectivity index (χ0v) is 13.2. The fourth-order valence-corrected chi connectivity index (χ4v) is 2.55. The summed E-state index contributed by atoms with van der Waals surface area (Å²) in [5.41, 5.74) is 1.27. The average molecular weight is 314 g/mol. The summed E-state index contributed by atoms with van der Waals surface area (Å²) in [7, 11) is 1.74. The molecular formula is C15H24BrNO. The lowest BCUT2D eigenvalue weighted by Crippen LogP contribution is -2.31. The fourth-order valence-electron chi connectivity index (χ4n) is 2.15. The van der Waals surface area contributed by atoms with Gasteiger partial charge in [0.05, 0.1) is 7.11 Å². The molecule has 0 saturated heterocycles. The molecule has 1 aromatic carbocycles. The Kier molecular flexibility index (Phi) is 7.36. The van der Waals surface area contributed by atoms with E-state index in [2.05, 4.69) is 41.2 Å². The zero-order chi connectivity index (χ0) is 13.4. The second-order valence-corrected chi connectivity index (χ2v) is 5.52. The molecule has 0 amide bonds. The van der Waals surface area contributed by atoms with E-state index in [1.807, 2.05) is 12.1 Å². The lowest BCUT2D eigenvalue weighted by atomic mass is 10.0. The molecule has 0 fully saturated rings. The molecule has 0 aliphatic rings. The third kappa shape index (κ3) is 4.99. The van der Waals surface area contributed by atoms with Crippen molar-refractivity contribution in [2.75, 3.05) is 13.7 Å². The Hall–Kier alpha value is -0.540. The van der Waals surface area contributed by atoms with Gasteiger partial charge in [0.2, 0.25) is 0 Å². The van der Waals surface area contributed by atoms with Gasteiger partial charge in [-0.2, -0.15) is 0 Å². The van der Waals surface area contributed by atoms with Crippen molar-refractivity contribution in [1.29, 1.82) is 0 Å². The molecule has 0 heterocycles. The molecule has 0 aliphatic heterocycles. The molecule has 0 radical (unpaired) electrons. The van der Waals surface area contributed by atoms with Crippen LogP contribution in [0.4, 0.5) is 0 Å². The highest BCUT2D eigenvalue weighted by molar-refractivity contribution is 9.10. The van der Waals surface area contributed by atoms with Gasteiger partial charge in [-0.05, 0) is 49.6 Å². The molecule has 0 saturated carbocycles. The van der Waals surface area contributed by atoms with Crippen molar-refractivity contribution in [1.82, 2.24) is 5.32 Å². The highest BCUT2D eigenvalue weighted by atomic mass is 79.9. The predicted octanol–water partition coefficient (Wildman–Crippen LogP) is 4.17. The van der Waals surface area contributed by atoms with Gasteiger partial charge < -0.3 is 10.1 Å². The molecule has 1 rings (SSSR count). The molecule has 0 bridgehead atoms.